The summed E-state index contributed by atoms with van der Waals surface area (Å²) < 4.78 is 22.2. The number of nitrogens with one attached hydrogen (secondary N) is 1. The molecule has 7 heteroatoms. The largest absolute Gasteiger partial charge is 0.445 e. The fraction of sp³-hybridized carbons (Fsp3) is 0.588. The third-order valence-electron chi connectivity index (χ3n) is 4.21. The molecule has 7 nitrogen and oxygen atoms in total. The van der Waals surface area contributed by atoms with Crippen molar-refractivity contribution in [1.29, 1.82) is 0 Å². The van der Waals surface area contributed by atoms with Gasteiger partial charge < -0.3 is 29.4 Å². The highest BCUT2D eigenvalue weighted by atomic mass is 16.9. The smallest absolute Gasteiger partial charge is 0.408 e. The molecule has 3 aliphatic rings. The third-order valence-corrected chi connectivity index (χ3v) is 4.21. The molecule has 1 aromatic carbocycles. The average molecular weight is 337 g/mol. The minimum atomic E-state index is -1.47. The van der Waals surface area contributed by atoms with Gasteiger partial charge in [0.2, 0.25) is 0 Å². The first kappa shape index (κ1) is 17.2. The number of carbonyl (C=O) groups excluding carboxylic acids is 1. The van der Waals surface area contributed by atoms with Crippen molar-refractivity contribution in [2.45, 2.75) is 38.6 Å². The van der Waals surface area contributed by atoms with Crippen LogP contribution >= 0.6 is 0 Å². The molecule has 0 saturated carbocycles. The minimum absolute atomic E-state index is 0.132. The Kier molecular flexibility index (Phi) is 4.78. The van der Waals surface area contributed by atoms with Gasteiger partial charge in [-0.2, -0.15) is 0 Å². The number of rotatable bonds is 5. The quantitative estimate of drug-likeness (QED) is 0.845. The molecule has 3 fully saturated rings. The molecule has 2 N–H and O–H groups in total. The summed E-state index contributed by atoms with van der Waals surface area (Å²) in [7, 11) is 0. The van der Waals surface area contributed by atoms with E-state index in [9.17, 15) is 9.90 Å². The molecule has 24 heavy (non-hydrogen) atoms. The van der Waals surface area contributed by atoms with Gasteiger partial charge in [-0.25, -0.2) is 4.79 Å². The average Bonchev–Trinajstić information content (AvgIpc) is 2.59. The second-order valence-electron chi connectivity index (χ2n) is 6.70. The van der Waals surface area contributed by atoms with Crippen molar-refractivity contribution in [2.75, 3.05) is 19.8 Å². The van der Waals surface area contributed by atoms with Gasteiger partial charge >= 0.3 is 12.1 Å². The van der Waals surface area contributed by atoms with E-state index in [0.29, 0.717) is 19.8 Å². The molecule has 3 heterocycles. The molecule has 2 bridgehead atoms. The second-order valence-corrected chi connectivity index (χ2v) is 6.70. The van der Waals surface area contributed by atoms with Crippen LogP contribution in [0.25, 0.3) is 0 Å². The summed E-state index contributed by atoms with van der Waals surface area (Å²) in [5, 5.41) is 12.7. The monoisotopic (exact) mass is 337 g/mol. The van der Waals surface area contributed by atoms with Crippen LogP contribution in [-0.2, 0) is 25.6 Å². The number of alkyl carbamates (subject to hydrolysis) is 1. The highest BCUT2D eigenvalue weighted by Crippen LogP contribution is 2.40. The van der Waals surface area contributed by atoms with E-state index in [1.807, 2.05) is 37.3 Å². The zero-order valence-corrected chi connectivity index (χ0v) is 13.9. The van der Waals surface area contributed by atoms with Crippen LogP contribution in [0.15, 0.2) is 30.3 Å². The molecule has 3 saturated heterocycles. The van der Waals surface area contributed by atoms with Gasteiger partial charge in [-0.1, -0.05) is 37.3 Å². The van der Waals surface area contributed by atoms with Gasteiger partial charge in [0.1, 0.15) is 12.6 Å². The summed E-state index contributed by atoms with van der Waals surface area (Å²) in [6.45, 7) is 4.99. The number of ether oxygens (including phenoxy) is 4. The molecule has 0 spiro atoms. The van der Waals surface area contributed by atoms with Crippen LogP contribution < -0.4 is 5.32 Å². The maximum atomic E-state index is 12.1. The summed E-state index contributed by atoms with van der Waals surface area (Å²) in [6.07, 6.45) is -1.62. The van der Waals surface area contributed by atoms with Crippen LogP contribution in [0.5, 0.6) is 0 Å². The first-order valence-electron chi connectivity index (χ1n) is 8.00. The number of fused-ring (bicyclic) bond motifs is 3. The van der Waals surface area contributed by atoms with Gasteiger partial charge in [-0.3, -0.25) is 0 Å². The van der Waals surface area contributed by atoms with E-state index in [2.05, 4.69) is 5.32 Å². The van der Waals surface area contributed by atoms with Crippen molar-refractivity contribution < 1.29 is 28.8 Å². The summed E-state index contributed by atoms with van der Waals surface area (Å²) in [5.74, 6) is -1.47. The highest BCUT2D eigenvalue weighted by Gasteiger charge is 2.56. The molecule has 0 radical (unpaired) electrons. The van der Waals surface area contributed by atoms with Gasteiger partial charge in [0.25, 0.3) is 0 Å². The Morgan fingerprint density at radius 1 is 1.25 bits per heavy atom. The van der Waals surface area contributed by atoms with Crippen molar-refractivity contribution in [1.82, 2.24) is 5.32 Å². The second kappa shape index (κ2) is 6.68. The lowest BCUT2D eigenvalue weighted by atomic mass is 9.90. The summed E-state index contributed by atoms with van der Waals surface area (Å²) in [5.41, 5.74) is 0.674. The summed E-state index contributed by atoms with van der Waals surface area (Å²) in [4.78, 5) is 12.1. The molecule has 3 aliphatic heterocycles. The molecular formula is C17H23NO6. The Morgan fingerprint density at radius 3 is 2.38 bits per heavy atom. The van der Waals surface area contributed by atoms with Crippen LogP contribution in [-0.4, -0.2) is 49.1 Å². The van der Waals surface area contributed by atoms with E-state index in [-0.39, 0.29) is 12.0 Å². The number of hydrogen-bond acceptors (Lipinski definition) is 6. The lowest BCUT2D eigenvalue weighted by molar-refractivity contribution is -0.477. The third kappa shape index (κ3) is 3.54. The topological polar surface area (TPSA) is 86.3 Å². The molecule has 4 rings (SSSR count). The Labute approximate surface area is 140 Å². The molecule has 132 valence electrons. The highest BCUT2D eigenvalue weighted by molar-refractivity contribution is 5.67. The molecular weight excluding hydrogens is 314 g/mol. The fourth-order valence-corrected chi connectivity index (χ4v) is 2.74. The van der Waals surface area contributed by atoms with Crippen LogP contribution in [0.3, 0.4) is 0 Å². The Balaban J connectivity index is 1.61. The Hall–Kier alpha value is -1.67. The van der Waals surface area contributed by atoms with Gasteiger partial charge in [0.05, 0.1) is 25.9 Å². The fourth-order valence-electron chi connectivity index (χ4n) is 2.74. The van der Waals surface area contributed by atoms with E-state index in [4.69, 9.17) is 18.9 Å². The normalized spacial score (nSPS) is 31.3. The molecule has 0 aromatic heterocycles. The number of carbonyl (C=O) groups is 1. The number of hydrogen-bond donors (Lipinski definition) is 2. The van der Waals surface area contributed by atoms with Gasteiger partial charge in [0.15, 0.2) is 0 Å². The zero-order valence-electron chi connectivity index (χ0n) is 13.9. The predicted octanol–water partition coefficient (Wildman–Crippen LogP) is 1.40. The van der Waals surface area contributed by atoms with Crippen LogP contribution in [0, 0.1) is 5.41 Å². The van der Waals surface area contributed by atoms with Gasteiger partial charge in [0, 0.05) is 5.41 Å². The number of amides is 1. The maximum absolute atomic E-state index is 12.1. The summed E-state index contributed by atoms with van der Waals surface area (Å²) in [6, 6.07) is 8.44. The molecule has 0 aliphatic carbocycles. The molecule has 0 unspecified atom stereocenters. The van der Waals surface area contributed by atoms with Crippen molar-refractivity contribution in [2.24, 2.45) is 5.41 Å². The number of aliphatic hydroxyl groups is 1. The summed E-state index contributed by atoms with van der Waals surface area (Å²) >= 11 is 0. The van der Waals surface area contributed by atoms with Gasteiger partial charge in [-0.05, 0) is 12.5 Å². The van der Waals surface area contributed by atoms with Gasteiger partial charge in [-0.15, -0.1) is 0 Å². The van der Waals surface area contributed by atoms with E-state index < -0.39 is 24.2 Å². The van der Waals surface area contributed by atoms with E-state index >= 15 is 0 Å². The molecule has 1 amide bonds. The van der Waals surface area contributed by atoms with Crippen LogP contribution in [0.2, 0.25) is 0 Å². The predicted molar refractivity (Wildman–Crippen MR) is 83.9 cm³/mol. The van der Waals surface area contributed by atoms with Crippen LogP contribution in [0.1, 0.15) is 19.4 Å². The van der Waals surface area contributed by atoms with Crippen molar-refractivity contribution >= 4 is 6.09 Å². The lowest BCUT2D eigenvalue weighted by Crippen LogP contribution is -2.69. The van der Waals surface area contributed by atoms with E-state index in [0.717, 1.165) is 5.56 Å². The Bertz CT molecular complexity index is 551. The number of aliphatic hydroxyl groups excluding tert-OH is 1. The Morgan fingerprint density at radius 2 is 1.83 bits per heavy atom. The van der Waals surface area contributed by atoms with Crippen LogP contribution in [0.4, 0.5) is 4.79 Å². The van der Waals surface area contributed by atoms with Crippen molar-refractivity contribution in [3.63, 3.8) is 0 Å². The lowest BCUT2D eigenvalue weighted by Gasteiger charge is -2.53. The first-order valence-corrected chi connectivity index (χ1v) is 8.00. The standard InChI is InChI=1S/C17H23NO6/c1-12(19)14(17-22-9-16(2,10-23-17)11-24-17)18-15(20)21-8-13-6-4-3-5-7-13/h3-7,12,14,19H,8-11H2,1-2H3,(H,18,20)/t12-,14+,16?,17?/m0/s1. The van der Waals surface area contributed by atoms with Crippen molar-refractivity contribution in [3.05, 3.63) is 35.9 Å². The minimum Gasteiger partial charge on any atom is -0.445 e. The number of benzene rings is 1. The first-order chi connectivity index (χ1) is 11.4. The molecule has 1 aromatic rings. The van der Waals surface area contributed by atoms with E-state index in [1.54, 1.807) is 0 Å². The van der Waals surface area contributed by atoms with Crippen molar-refractivity contribution in [3.8, 4) is 0 Å². The SMILES string of the molecule is C[C@H](O)[C@@H](NC(=O)OCc1ccccc1)C12OCC(C)(CO1)CO2. The van der Waals surface area contributed by atoms with E-state index in [1.165, 1.54) is 6.92 Å². The zero-order chi connectivity index (χ0) is 17.2. The molecule has 2 atom stereocenters. The maximum Gasteiger partial charge on any atom is 0.408 e.